The van der Waals surface area contributed by atoms with E-state index in [4.69, 9.17) is 16.3 Å². The Hall–Kier alpha value is -1.17. The maximum Gasteiger partial charge on any atom is 0.0890 e. The van der Waals surface area contributed by atoms with Crippen molar-refractivity contribution in [3.05, 3.63) is 24.0 Å². The molecule has 1 aliphatic rings. The molecule has 5 N–H and O–H groups in total. The summed E-state index contributed by atoms with van der Waals surface area (Å²) in [6.07, 6.45) is 7.80. The molecule has 1 aromatic rings. The van der Waals surface area contributed by atoms with Gasteiger partial charge < -0.3 is 10.5 Å². The SMILES string of the molecule is CCOC1(C(NN)c2cnccc2N)CCCC1. The number of nitrogens with zero attached hydrogens (tertiary/aromatic N) is 1. The summed E-state index contributed by atoms with van der Waals surface area (Å²) in [5, 5.41) is 0. The standard InChI is InChI=1S/C13H22N4O/c1-2-18-13(6-3-4-7-13)12(17-15)10-9-16-8-5-11(10)14/h5,8-9,12,17H,2-4,6-7,15H2,1H3,(H2,14,16). The minimum atomic E-state index is -0.249. The number of nitrogen functional groups attached to an aromatic ring is 1. The highest BCUT2D eigenvalue weighted by atomic mass is 16.5. The van der Waals surface area contributed by atoms with Crippen molar-refractivity contribution >= 4 is 5.69 Å². The van der Waals surface area contributed by atoms with Gasteiger partial charge in [-0.15, -0.1) is 0 Å². The van der Waals surface area contributed by atoms with Gasteiger partial charge in [0.25, 0.3) is 0 Å². The maximum absolute atomic E-state index is 6.03. The number of ether oxygens (including phenoxy) is 1. The number of hydrogen-bond donors (Lipinski definition) is 3. The Kier molecular flexibility index (Phi) is 4.16. The van der Waals surface area contributed by atoms with Crippen LogP contribution < -0.4 is 17.0 Å². The van der Waals surface area contributed by atoms with Crippen LogP contribution in [0.3, 0.4) is 0 Å². The van der Waals surface area contributed by atoms with Gasteiger partial charge in [0.2, 0.25) is 0 Å². The fraction of sp³-hybridized carbons (Fsp3) is 0.615. The molecule has 0 saturated heterocycles. The van der Waals surface area contributed by atoms with Crippen LogP contribution in [0.1, 0.15) is 44.2 Å². The summed E-state index contributed by atoms with van der Waals surface area (Å²) in [6, 6.07) is 1.70. The minimum absolute atomic E-state index is 0.103. The van der Waals surface area contributed by atoms with Gasteiger partial charge in [0.1, 0.15) is 0 Å². The van der Waals surface area contributed by atoms with Crippen molar-refractivity contribution < 1.29 is 4.74 Å². The van der Waals surface area contributed by atoms with Gasteiger partial charge in [0.05, 0.1) is 11.6 Å². The molecule has 0 aromatic carbocycles. The van der Waals surface area contributed by atoms with E-state index in [0.29, 0.717) is 12.3 Å². The molecular weight excluding hydrogens is 228 g/mol. The number of hydrazine groups is 1. The number of anilines is 1. The van der Waals surface area contributed by atoms with Gasteiger partial charge in [-0.05, 0) is 25.8 Å². The molecule has 5 heteroatoms. The summed E-state index contributed by atoms with van der Waals surface area (Å²) in [6.45, 7) is 2.69. The van der Waals surface area contributed by atoms with E-state index in [2.05, 4.69) is 10.4 Å². The Morgan fingerprint density at radius 3 is 2.78 bits per heavy atom. The van der Waals surface area contributed by atoms with E-state index in [9.17, 15) is 0 Å². The summed E-state index contributed by atoms with van der Waals surface area (Å²) >= 11 is 0. The predicted molar refractivity (Wildman–Crippen MR) is 71.5 cm³/mol. The Bertz CT molecular complexity index is 390. The Labute approximate surface area is 108 Å². The zero-order chi connectivity index (χ0) is 13.0. The highest BCUT2D eigenvalue weighted by Gasteiger charge is 2.43. The molecule has 2 rings (SSSR count). The largest absolute Gasteiger partial charge is 0.398 e. The topological polar surface area (TPSA) is 86.2 Å². The van der Waals surface area contributed by atoms with Crippen molar-refractivity contribution in [3.8, 4) is 0 Å². The van der Waals surface area contributed by atoms with Crippen molar-refractivity contribution in [2.24, 2.45) is 5.84 Å². The lowest BCUT2D eigenvalue weighted by Gasteiger charge is -2.37. The zero-order valence-corrected chi connectivity index (χ0v) is 10.9. The molecule has 0 amide bonds. The van der Waals surface area contributed by atoms with E-state index in [1.807, 2.05) is 6.92 Å². The molecule has 1 saturated carbocycles. The van der Waals surface area contributed by atoms with E-state index in [1.54, 1.807) is 18.5 Å². The first kappa shape index (κ1) is 13.3. The van der Waals surface area contributed by atoms with Gasteiger partial charge in [0, 0.05) is 30.3 Å². The summed E-state index contributed by atoms with van der Waals surface area (Å²) in [7, 11) is 0. The molecule has 0 spiro atoms. The van der Waals surface area contributed by atoms with Crippen LogP contribution in [0.15, 0.2) is 18.5 Å². The molecule has 1 unspecified atom stereocenters. The highest BCUT2D eigenvalue weighted by Crippen LogP contribution is 2.43. The number of pyridine rings is 1. The Morgan fingerprint density at radius 1 is 1.50 bits per heavy atom. The maximum atomic E-state index is 6.03. The number of rotatable bonds is 5. The van der Waals surface area contributed by atoms with Gasteiger partial charge in [-0.3, -0.25) is 10.8 Å². The third-order valence-electron chi connectivity index (χ3n) is 3.77. The minimum Gasteiger partial charge on any atom is -0.398 e. The normalized spacial score (nSPS) is 19.9. The fourth-order valence-corrected chi connectivity index (χ4v) is 2.96. The number of nitrogens with one attached hydrogen (secondary N) is 1. The molecule has 18 heavy (non-hydrogen) atoms. The average Bonchev–Trinajstić information content (AvgIpc) is 2.82. The van der Waals surface area contributed by atoms with Gasteiger partial charge >= 0.3 is 0 Å². The Balaban J connectivity index is 2.34. The molecule has 1 fully saturated rings. The van der Waals surface area contributed by atoms with Crippen LogP contribution in [0.2, 0.25) is 0 Å². The molecule has 1 atom stereocenters. The second-order valence-electron chi connectivity index (χ2n) is 4.81. The van der Waals surface area contributed by atoms with Crippen LogP contribution in [-0.4, -0.2) is 17.2 Å². The molecule has 1 aromatic heterocycles. The second-order valence-corrected chi connectivity index (χ2v) is 4.81. The van der Waals surface area contributed by atoms with Gasteiger partial charge in [0.15, 0.2) is 0 Å². The monoisotopic (exact) mass is 250 g/mol. The number of aromatic nitrogens is 1. The van der Waals surface area contributed by atoms with Crippen LogP contribution in [0.25, 0.3) is 0 Å². The first-order valence-corrected chi connectivity index (χ1v) is 6.53. The van der Waals surface area contributed by atoms with E-state index in [1.165, 1.54) is 12.8 Å². The third-order valence-corrected chi connectivity index (χ3v) is 3.77. The predicted octanol–water partition coefficient (Wildman–Crippen LogP) is 1.52. The number of nitrogens with two attached hydrogens (primary N) is 2. The molecule has 1 aliphatic carbocycles. The van der Waals surface area contributed by atoms with Crippen LogP contribution in [0.5, 0.6) is 0 Å². The first-order chi connectivity index (χ1) is 8.73. The van der Waals surface area contributed by atoms with Crippen molar-refractivity contribution in [3.63, 3.8) is 0 Å². The molecule has 0 bridgehead atoms. The zero-order valence-electron chi connectivity index (χ0n) is 10.9. The molecule has 0 aliphatic heterocycles. The molecule has 100 valence electrons. The molecule has 5 nitrogen and oxygen atoms in total. The van der Waals surface area contributed by atoms with E-state index in [0.717, 1.165) is 18.4 Å². The van der Waals surface area contributed by atoms with Crippen molar-refractivity contribution in [2.45, 2.75) is 44.2 Å². The van der Waals surface area contributed by atoms with E-state index < -0.39 is 0 Å². The summed E-state index contributed by atoms with van der Waals surface area (Å²) in [4.78, 5) is 4.15. The quantitative estimate of drug-likeness (QED) is 0.545. The van der Waals surface area contributed by atoms with Crippen molar-refractivity contribution in [1.82, 2.24) is 10.4 Å². The average molecular weight is 250 g/mol. The third kappa shape index (κ3) is 2.34. The van der Waals surface area contributed by atoms with Crippen LogP contribution >= 0.6 is 0 Å². The molecule has 1 heterocycles. The van der Waals surface area contributed by atoms with Crippen molar-refractivity contribution in [1.29, 1.82) is 0 Å². The molecular formula is C13H22N4O. The summed E-state index contributed by atoms with van der Waals surface area (Å²) in [5.41, 5.74) is 10.3. The van der Waals surface area contributed by atoms with E-state index in [-0.39, 0.29) is 11.6 Å². The fourth-order valence-electron chi connectivity index (χ4n) is 2.96. The smallest absolute Gasteiger partial charge is 0.0890 e. The lowest BCUT2D eigenvalue weighted by molar-refractivity contribution is -0.0626. The summed E-state index contributed by atoms with van der Waals surface area (Å²) < 4.78 is 6.03. The number of hydrogen-bond acceptors (Lipinski definition) is 5. The Morgan fingerprint density at radius 2 is 2.22 bits per heavy atom. The molecule has 0 radical (unpaired) electrons. The van der Waals surface area contributed by atoms with Gasteiger partial charge in [-0.1, -0.05) is 12.8 Å². The lowest BCUT2D eigenvalue weighted by atomic mass is 9.87. The highest BCUT2D eigenvalue weighted by molar-refractivity contribution is 5.47. The second kappa shape index (κ2) is 5.65. The van der Waals surface area contributed by atoms with Crippen LogP contribution in [0, 0.1) is 0 Å². The van der Waals surface area contributed by atoms with E-state index >= 15 is 0 Å². The van der Waals surface area contributed by atoms with Crippen molar-refractivity contribution in [2.75, 3.05) is 12.3 Å². The first-order valence-electron chi connectivity index (χ1n) is 6.53. The van der Waals surface area contributed by atoms with Gasteiger partial charge in [-0.2, -0.15) is 0 Å². The summed E-state index contributed by atoms with van der Waals surface area (Å²) in [5.74, 6) is 5.76. The van der Waals surface area contributed by atoms with Gasteiger partial charge in [-0.25, -0.2) is 5.43 Å². The van der Waals surface area contributed by atoms with Crippen LogP contribution in [-0.2, 0) is 4.74 Å². The lowest BCUT2D eigenvalue weighted by Crippen LogP contribution is -2.47. The van der Waals surface area contributed by atoms with Crippen LogP contribution in [0.4, 0.5) is 5.69 Å².